The second kappa shape index (κ2) is 5.90. The van der Waals surface area contributed by atoms with Gasteiger partial charge in [-0.25, -0.2) is 4.79 Å². The SMILES string of the molecule is C[C@H](Cl)Cn1c(NCCO)nc2c1c(=O)n(C)c(=O)n2C. The molecule has 0 aliphatic carbocycles. The first-order chi connectivity index (χ1) is 9.88. The lowest BCUT2D eigenvalue weighted by Crippen LogP contribution is -2.37. The summed E-state index contributed by atoms with van der Waals surface area (Å²) < 4.78 is 4.00. The van der Waals surface area contributed by atoms with E-state index in [0.717, 1.165) is 4.57 Å². The van der Waals surface area contributed by atoms with E-state index in [1.165, 1.54) is 11.6 Å². The lowest BCUT2D eigenvalue weighted by atomic mass is 10.4. The van der Waals surface area contributed by atoms with Crippen LogP contribution < -0.4 is 16.6 Å². The van der Waals surface area contributed by atoms with Crippen molar-refractivity contribution in [2.75, 3.05) is 18.5 Å². The molecular formula is C12H18ClN5O3. The van der Waals surface area contributed by atoms with Crippen LogP contribution in [-0.2, 0) is 20.6 Å². The monoisotopic (exact) mass is 315 g/mol. The minimum Gasteiger partial charge on any atom is -0.395 e. The minimum atomic E-state index is -0.440. The highest BCUT2D eigenvalue weighted by atomic mass is 35.5. The molecule has 2 N–H and O–H groups in total. The van der Waals surface area contributed by atoms with Crippen molar-refractivity contribution in [1.29, 1.82) is 0 Å². The molecule has 0 saturated carbocycles. The maximum Gasteiger partial charge on any atom is 0.332 e. The molecule has 0 spiro atoms. The largest absolute Gasteiger partial charge is 0.395 e. The van der Waals surface area contributed by atoms with Crippen LogP contribution in [0.5, 0.6) is 0 Å². The number of aryl methyl sites for hydroxylation is 1. The molecule has 2 rings (SSSR count). The summed E-state index contributed by atoms with van der Waals surface area (Å²) in [5, 5.41) is 11.6. The quantitative estimate of drug-likeness (QED) is 0.723. The van der Waals surface area contributed by atoms with Gasteiger partial charge in [-0.05, 0) is 6.92 Å². The van der Waals surface area contributed by atoms with Gasteiger partial charge in [0.15, 0.2) is 11.2 Å². The molecular weight excluding hydrogens is 298 g/mol. The number of hydrogen-bond acceptors (Lipinski definition) is 5. The topological polar surface area (TPSA) is 94.1 Å². The first kappa shape index (κ1) is 15.6. The summed E-state index contributed by atoms with van der Waals surface area (Å²) in [4.78, 5) is 28.6. The van der Waals surface area contributed by atoms with E-state index in [0.29, 0.717) is 23.7 Å². The van der Waals surface area contributed by atoms with Gasteiger partial charge in [0.05, 0.1) is 6.61 Å². The van der Waals surface area contributed by atoms with Crippen LogP contribution in [0.25, 0.3) is 11.2 Å². The normalized spacial score (nSPS) is 12.8. The van der Waals surface area contributed by atoms with E-state index in [1.807, 2.05) is 0 Å². The number of nitrogens with one attached hydrogen (secondary N) is 1. The van der Waals surface area contributed by atoms with Gasteiger partial charge in [-0.3, -0.25) is 13.9 Å². The zero-order chi connectivity index (χ0) is 15.7. The highest BCUT2D eigenvalue weighted by molar-refractivity contribution is 6.20. The number of hydrogen-bond donors (Lipinski definition) is 2. The fraction of sp³-hybridized carbons (Fsp3) is 0.583. The molecule has 116 valence electrons. The van der Waals surface area contributed by atoms with Gasteiger partial charge < -0.3 is 15.0 Å². The van der Waals surface area contributed by atoms with Crippen molar-refractivity contribution in [2.24, 2.45) is 14.1 Å². The van der Waals surface area contributed by atoms with Crippen molar-refractivity contribution in [3.63, 3.8) is 0 Å². The van der Waals surface area contributed by atoms with Gasteiger partial charge in [0.1, 0.15) is 0 Å². The van der Waals surface area contributed by atoms with E-state index in [9.17, 15) is 9.59 Å². The summed E-state index contributed by atoms with van der Waals surface area (Å²) in [6.45, 7) is 2.37. The summed E-state index contributed by atoms with van der Waals surface area (Å²) in [6.07, 6.45) is 0. The van der Waals surface area contributed by atoms with Gasteiger partial charge in [0.25, 0.3) is 5.56 Å². The molecule has 0 radical (unpaired) electrons. The number of imidazole rings is 1. The number of rotatable bonds is 5. The van der Waals surface area contributed by atoms with Crippen molar-refractivity contribution in [3.8, 4) is 0 Å². The number of halogens is 1. The predicted molar refractivity (Wildman–Crippen MR) is 81.1 cm³/mol. The van der Waals surface area contributed by atoms with Gasteiger partial charge in [0.2, 0.25) is 5.95 Å². The van der Waals surface area contributed by atoms with E-state index in [4.69, 9.17) is 16.7 Å². The Bertz CT molecular complexity index is 774. The summed E-state index contributed by atoms with van der Waals surface area (Å²) in [7, 11) is 2.98. The Morgan fingerprint density at radius 2 is 2.00 bits per heavy atom. The molecule has 0 fully saturated rings. The first-order valence-electron chi connectivity index (χ1n) is 6.53. The molecule has 9 heteroatoms. The van der Waals surface area contributed by atoms with Gasteiger partial charge in [-0.2, -0.15) is 4.98 Å². The average Bonchev–Trinajstić information content (AvgIpc) is 2.78. The maximum atomic E-state index is 12.4. The van der Waals surface area contributed by atoms with E-state index in [1.54, 1.807) is 18.5 Å². The summed E-state index contributed by atoms with van der Waals surface area (Å²) in [5.74, 6) is 0.407. The van der Waals surface area contributed by atoms with Crippen molar-refractivity contribution in [1.82, 2.24) is 18.7 Å². The standard InChI is InChI=1S/C12H18ClN5O3/c1-7(13)6-18-8-9(15-11(18)14-4-5-19)16(2)12(21)17(3)10(8)20/h7,19H,4-6H2,1-3H3,(H,14,15)/t7-/m0/s1. The van der Waals surface area contributed by atoms with Gasteiger partial charge >= 0.3 is 5.69 Å². The third kappa shape index (κ3) is 2.68. The third-order valence-electron chi connectivity index (χ3n) is 3.18. The lowest BCUT2D eigenvalue weighted by Gasteiger charge is -2.11. The summed E-state index contributed by atoms with van der Waals surface area (Å²) in [5.41, 5.74) is -0.256. The molecule has 2 aromatic rings. The van der Waals surface area contributed by atoms with Crippen LogP contribution in [0.15, 0.2) is 9.59 Å². The number of anilines is 1. The Hall–Kier alpha value is -1.80. The second-order valence-electron chi connectivity index (χ2n) is 4.86. The molecule has 0 amide bonds. The molecule has 0 unspecified atom stereocenters. The summed E-state index contributed by atoms with van der Waals surface area (Å²) in [6, 6.07) is 0. The van der Waals surface area contributed by atoms with Crippen LogP contribution in [0.4, 0.5) is 5.95 Å². The molecule has 2 aromatic heterocycles. The average molecular weight is 316 g/mol. The van der Waals surface area contributed by atoms with Crippen molar-refractivity contribution >= 4 is 28.7 Å². The summed E-state index contributed by atoms with van der Waals surface area (Å²) >= 11 is 6.04. The Balaban J connectivity index is 2.80. The Morgan fingerprint density at radius 3 is 2.57 bits per heavy atom. The Labute approximate surface area is 125 Å². The van der Waals surface area contributed by atoms with Gasteiger partial charge in [-0.1, -0.05) is 0 Å². The zero-order valence-electron chi connectivity index (χ0n) is 12.1. The van der Waals surface area contributed by atoms with Crippen LogP contribution in [0.3, 0.4) is 0 Å². The third-order valence-corrected chi connectivity index (χ3v) is 3.32. The van der Waals surface area contributed by atoms with Crippen LogP contribution in [0.2, 0.25) is 0 Å². The van der Waals surface area contributed by atoms with Crippen LogP contribution in [0, 0.1) is 0 Å². The number of fused-ring (bicyclic) bond motifs is 1. The number of nitrogens with zero attached hydrogens (tertiary/aromatic N) is 4. The lowest BCUT2D eigenvalue weighted by molar-refractivity contribution is 0.310. The number of alkyl halides is 1. The second-order valence-corrected chi connectivity index (χ2v) is 5.60. The van der Waals surface area contributed by atoms with Crippen LogP contribution in [0.1, 0.15) is 6.92 Å². The van der Waals surface area contributed by atoms with Crippen LogP contribution >= 0.6 is 11.6 Å². The number of aromatic nitrogens is 4. The van der Waals surface area contributed by atoms with E-state index in [-0.39, 0.29) is 18.5 Å². The van der Waals surface area contributed by atoms with E-state index in [2.05, 4.69) is 10.3 Å². The van der Waals surface area contributed by atoms with Crippen molar-refractivity contribution < 1.29 is 5.11 Å². The van der Waals surface area contributed by atoms with Crippen molar-refractivity contribution in [2.45, 2.75) is 18.8 Å². The van der Waals surface area contributed by atoms with E-state index >= 15 is 0 Å². The molecule has 8 nitrogen and oxygen atoms in total. The van der Waals surface area contributed by atoms with Crippen molar-refractivity contribution in [3.05, 3.63) is 20.8 Å². The molecule has 2 heterocycles. The van der Waals surface area contributed by atoms with Gasteiger partial charge in [0, 0.05) is 32.6 Å². The molecule has 0 aromatic carbocycles. The molecule has 0 saturated heterocycles. The minimum absolute atomic E-state index is 0.0728. The number of aliphatic hydroxyl groups is 1. The molecule has 1 atom stereocenters. The van der Waals surface area contributed by atoms with Crippen LogP contribution in [-0.4, -0.2) is 42.3 Å². The molecule has 0 aliphatic rings. The fourth-order valence-corrected chi connectivity index (χ4v) is 2.32. The molecule has 0 aliphatic heterocycles. The molecule has 0 bridgehead atoms. The first-order valence-corrected chi connectivity index (χ1v) is 6.97. The van der Waals surface area contributed by atoms with Gasteiger partial charge in [-0.15, -0.1) is 11.6 Å². The Kier molecular flexibility index (Phi) is 4.38. The zero-order valence-corrected chi connectivity index (χ0v) is 12.9. The number of aliphatic hydroxyl groups excluding tert-OH is 1. The van der Waals surface area contributed by atoms with E-state index < -0.39 is 11.2 Å². The molecule has 21 heavy (non-hydrogen) atoms. The highest BCUT2D eigenvalue weighted by Crippen LogP contribution is 2.17. The highest BCUT2D eigenvalue weighted by Gasteiger charge is 2.19. The maximum absolute atomic E-state index is 12.4. The fourth-order valence-electron chi connectivity index (χ4n) is 2.18. The predicted octanol–water partition coefficient (Wildman–Crippen LogP) is -0.535. The Morgan fingerprint density at radius 1 is 1.33 bits per heavy atom. The smallest absolute Gasteiger partial charge is 0.332 e.